The molecule has 1 aliphatic rings. The van der Waals surface area contributed by atoms with E-state index in [9.17, 15) is 15.0 Å². The maximum atomic E-state index is 11.6. The van der Waals surface area contributed by atoms with Gasteiger partial charge < -0.3 is 25.8 Å². The maximum Gasteiger partial charge on any atom is 0.351 e. The number of nitrogen functional groups attached to an aromatic ring is 1. The van der Waals surface area contributed by atoms with E-state index in [-0.39, 0.29) is 10.7 Å². The molecule has 100 valence electrons. The molecule has 0 saturated carbocycles. The highest BCUT2D eigenvalue weighted by Crippen LogP contribution is 2.28. The van der Waals surface area contributed by atoms with Crippen LogP contribution >= 0.6 is 12.6 Å². The van der Waals surface area contributed by atoms with E-state index in [1.54, 1.807) is 0 Å². The van der Waals surface area contributed by atoms with Crippen LogP contribution in [0, 0.1) is 0 Å². The molecule has 0 bridgehead atoms. The summed E-state index contributed by atoms with van der Waals surface area (Å²) in [6.45, 7) is -0.473. The Bertz CT molecular complexity index is 507. The normalized spacial score (nSPS) is 31.8. The molecule has 2 heterocycles. The van der Waals surface area contributed by atoms with Crippen LogP contribution in [0.4, 0.5) is 5.82 Å². The van der Waals surface area contributed by atoms with Gasteiger partial charge in [-0.1, -0.05) is 0 Å². The molecule has 0 radical (unpaired) electrons. The molecule has 2 unspecified atom stereocenters. The average molecular weight is 275 g/mol. The molecule has 4 atom stereocenters. The van der Waals surface area contributed by atoms with Crippen molar-refractivity contribution in [2.45, 2.75) is 29.4 Å². The standard InChI is InChI=1S/C9H13N3O5S/c10-7-4(18)1-12(9(16)11-7)8-6(15)5(14)3(2-13)17-8/h1,3,5-6,8,13-15,18H,2H2,(H2,10,11,16)/t3-,5?,6?,8-/m1/s1. The van der Waals surface area contributed by atoms with E-state index in [1.165, 1.54) is 6.20 Å². The van der Waals surface area contributed by atoms with Crippen molar-refractivity contribution < 1.29 is 20.1 Å². The van der Waals surface area contributed by atoms with Crippen LogP contribution in [0.1, 0.15) is 6.23 Å². The van der Waals surface area contributed by atoms with Crippen LogP contribution < -0.4 is 11.4 Å². The quantitative estimate of drug-likeness (QED) is 0.384. The summed E-state index contributed by atoms with van der Waals surface area (Å²) in [5, 5.41) is 28.3. The number of ether oxygens (including phenoxy) is 1. The van der Waals surface area contributed by atoms with Gasteiger partial charge in [0.2, 0.25) is 0 Å². The highest BCUT2D eigenvalue weighted by Gasteiger charge is 2.43. The minimum atomic E-state index is -1.35. The van der Waals surface area contributed by atoms with E-state index in [0.29, 0.717) is 0 Å². The zero-order chi connectivity index (χ0) is 13.4. The van der Waals surface area contributed by atoms with Crippen LogP contribution in [0.3, 0.4) is 0 Å². The van der Waals surface area contributed by atoms with Crippen molar-refractivity contribution in [1.82, 2.24) is 9.55 Å². The monoisotopic (exact) mass is 275 g/mol. The fraction of sp³-hybridized carbons (Fsp3) is 0.556. The smallest absolute Gasteiger partial charge is 0.351 e. The molecule has 0 amide bonds. The summed E-state index contributed by atoms with van der Waals surface area (Å²) in [4.78, 5) is 15.4. The summed E-state index contributed by atoms with van der Waals surface area (Å²) in [5.41, 5.74) is 4.67. The Hall–Kier alpha value is -1.13. The largest absolute Gasteiger partial charge is 0.394 e. The van der Waals surface area contributed by atoms with Gasteiger partial charge in [-0.05, 0) is 0 Å². The molecule has 5 N–H and O–H groups in total. The molecule has 1 aromatic heterocycles. The summed E-state index contributed by atoms with van der Waals surface area (Å²) in [6, 6.07) is 0. The fourth-order valence-corrected chi connectivity index (χ4v) is 1.94. The van der Waals surface area contributed by atoms with E-state index < -0.39 is 36.8 Å². The summed E-state index contributed by atoms with van der Waals surface area (Å²) < 4.78 is 6.17. The van der Waals surface area contributed by atoms with Crippen molar-refractivity contribution in [2.24, 2.45) is 0 Å². The first-order valence-electron chi connectivity index (χ1n) is 5.15. The van der Waals surface area contributed by atoms with Crippen LogP contribution in [-0.2, 0) is 4.74 Å². The summed E-state index contributed by atoms with van der Waals surface area (Å²) >= 11 is 4.01. The summed E-state index contributed by atoms with van der Waals surface area (Å²) in [6.07, 6.45) is -3.47. The molecule has 1 saturated heterocycles. The topological polar surface area (TPSA) is 131 Å². The molecule has 0 aromatic carbocycles. The Labute approximate surface area is 107 Å². The van der Waals surface area contributed by atoms with Crippen molar-refractivity contribution in [3.8, 4) is 0 Å². The van der Waals surface area contributed by atoms with Crippen molar-refractivity contribution >= 4 is 18.4 Å². The highest BCUT2D eigenvalue weighted by molar-refractivity contribution is 7.80. The first kappa shape index (κ1) is 13.3. The number of aromatic nitrogens is 2. The lowest BCUT2D eigenvalue weighted by Crippen LogP contribution is -2.36. The summed E-state index contributed by atoms with van der Waals surface area (Å²) in [7, 11) is 0. The van der Waals surface area contributed by atoms with Crippen LogP contribution in [-0.4, -0.2) is 49.8 Å². The number of hydrogen-bond donors (Lipinski definition) is 5. The third-order valence-corrected chi connectivity index (χ3v) is 3.10. The molecular formula is C9H13N3O5S. The van der Waals surface area contributed by atoms with Gasteiger partial charge >= 0.3 is 5.69 Å². The molecule has 9 heteroatoms. The number of aliphatic hydroxyl groups is 3. The second-order valence-electron chi connectivity index (χ2n) is 3.93. The Morgan fingerprint density at radius 1 is 1.50 bits per heavy atom. The van der Waals surface area contributed by atoms with E-state index in [2.05, 4.69) is 17.6 Å². The Kier molecular flexibility index (Phi) is 3.59. The van der Waals surface area contributed by atoms with Crippen LogP contribution in [0.15, 0.2) is 15.9 Å². The number of aliphatic hydroxyl groups excluding tert-OH is 3. The Morgan fingerprint density at radius 3 is 2.72 bits per heavy atom. The van der Waals surface area contributed by atoms with Crippen LogP contribution in [0.25, 0.3) is 0 Å². The van der Waals surface area contributed by atoms with Gasteiger partial charge in [0.05, 0.1) is 11.5 Å². The first-order chi connectivity index (χ1) is 8.45. The molecule has 0 spiro atoms. The SMILES string of the molecule is Nc1nc(=O)n([C@@H]2O[C@H](CO)C(O)C2O)cc1S. The lowest BCUT2D eigenvalue weighted by molar-refractivity contribution is -0.0552. The number of hydrogen-bond acceptors (Lipinski definition) is 8. The maximum absolute atomic E-state index is 11.6. The minimum Gasteiger partial charge on any atom is -0.394 e. The van der Waals surface area contributed by atoms with E-state index in [4.69, 9.17) is 15.6 Å². The fourth-order valence-electron chi connectivity index (χ4n) is 1.76. The molecule has 1 aromatic rings. The lowest BCUT2D eigenvalue weighted by Gasteiger charge is -2.17. The molecule has 1 aliphatic heterocycles. The third-order valence-electron chi connectivity index (χ3n) is 2.75. The Morgan fingerprint density at radius 2 is 2.17 bits per heavy atom. The number of rotatable bonds is 2. The third kappa shape index (κ3) is 2.10. The molecule has 8 nitrogen and oxygen atoms in total. The highest BCUT2D eigenvalue weighted by atomic mass is 32.1. The first-order valence-corrected chi connectivity index (χ1v) is 5.60. The molecule has 1 fully saturated rings. The van der Waals surface area contributed by atoms with Crippen molar-refractivity contribution in [1.29, 1.82) is 0 Å². The average Bonchev–Trinajstić information content (AvgIpc) is 2.61. The van der Waals surface area contributed by atoms with Crippen molar-refractivity contribution in [2.75, 3.05) is 12.3 Å². The second kappa shape index (κ2) is 4.86. The zero-order valence-corrected chi connectivity index (χ0v) is 10.1. The molecule has 2 rings (SSSR count). The number of nitrogens with two attached hydrogens (primary N) is 1. The van der Waals surface area contributed by atoms with Gasteiger partial charge in [-0.15, -0.1) is 12.6 Å². The van der Waals surface area contributed by atoms with Crippen molar-refractivity contribution in [3.05, 3.63) is 16.7 Å². The minimum absolute atomic E-state index is 0.0358. The predicted molar refractivity (Wildman–Crippen MR) is 63.2 cm³/mol. The van der Waals surface area contributed by atoms with Gasteiger partial charge in [-0.2, -0.15) is 4.98 Å². The van der Waals surface area contributed by atoms with Gasteiger partial charge in [0, 0.05) is 6.20 Å². The number of nitrogens with zero attached hydrogens (tertiary/aromatic N) is 2. The van der Waals surface area contributed by atoms with E-state index in [0.717, 1.165) is 4.57 Å². The second-order valence-corrected chi connectivity index (χ2v) is 4.41. The zero-order valence-electron chi connectivity index (χ0n) is 9.17. The van der Waals surface area contributed by atoms with E-state index >= 15 is 0 Å². The predicted octanol–water partition coefficient (Wildman–Crippen LogP) is -2.27. The Balaban J connectivity index is 2.39. The van der Waals surface area contributed by atoms with E-state index in [1.807, 2.05) is 0 Å². The van der Waals surface area contributed by atoms with Crippen LogP contribution in [0.5, 0.6) is 0 Å². The molecular weight excluding hydrogens is 262 g/mol. The molecule has 0 aliphatic carbocycles. The van der Waals surface area contributed by atoms with Gasteiger partial charge in [-0.25, -0.2) is 4.79 Å². The number of thiol groups is 1. The number of anilines is 1. The lowest BCUT2D eigenvalue weighted by atomic mass is 10.1. The molecule has 18 heavy (non-hydrogen) atoms. The van der Waals surface area contributed by atoms with Gasteiger partial charge in [0.1, 0.15) is 24.1 Å². The van der Waals surface area contributed by atoms with Gasteiger partial charge in [0.15, 0.2) is 6.23 Å². The van der Waals surface area contributed by atoms with Crippen molar-refractivity contribution in [3.63, 3.8) is 0 Å². The van der Waals surface area contributed by atoms with Gasteiger partial charge in [-0.3, -0.25) is 4.57 Å². The van der Waals surface area contributed by atoms with Gasteiger partial charge in [0.25, 0.3) is 0 Å². The summed E-state index contributed by atoms with van der Waals surface area (Å²) in [5.74, 6) is -0.0358. The van der Waals surface area contributed by atoms with Crippen LogP contribution in [0.2, 0.25) is 0 Å².